The van der Waals surface area contributed by atoms with Gasteiger partial charge in [0.15, 0.2) is 5.69 Å². The van der Waals surface area contributed by atoms with E-state index in [0.717, 1.165) is 11.8 Å². The van der Waals surface area contributed by atoms with Gasteiger partial charge in [-0.15, -0.1) is 11.3 Å². The fourth-order valence-electron chi connectivity index (χ4n) is 1.38. The summed E-state index contributed by atoms with van der Waals surface area (Å²) in [4.78, 5) is 10.9. The fraction of sp³-hybridized carbons (Fsp3) is 0.300. The zero-order chi connectivity index (χ0) is 13.9. The molecule has 0 spiro atoms. The van der Waals surface area contributed by atoms with E-state index < -0.39 is 17.8 Å². The molecule has 0 radical (unpaired) electrons. The van der Waals surface area contributed by atoms with E-state index in [2.05, 4.69) is 20.3 Å². The second-order valence-electron chi connectivity index (χ2n) is 3.65. The van der Waals surface area contributed by atoms with Crippen molar-refractivity contribution in [3.8, 4) is 0 Å². The monoisotopic (exact) mass is 289 g/mol. The van der Waals surface area contributed by atoms with Crippen molar-refractivity contribution in [3.05, 3.63) is 28.3 Å². The Kier molecular flexibility index (Phi) is 3.84. The van der Waals surface area contributed by atoms with Crippen molar-refractivity contribution in [2.75, 3.05) is 17.6 Å². The minimum absolute atomic E-state index is 0.0510. The molecule has 9 heteroatoms. The van der Waals surface area contributed by atoms with Crippen molar-refractivity contribution in [2.45, 2.75) is 12.6 Å². The van der Waals surface area contributed by atoms with Crippen molar-refractivity contribution in [3.63, 3.8) is 0 Å². The summed E-state index contributed by atoms with van der Waals surface area (Å²) in [6, 6.07) is 0.831. The Labute approximate surface area is 110 Å². The smallest absolute Gasteiger partial charge is 0.370 e. The van der Waals surface area contributed by atoms with Gasteiger partial charge < -0.3 is 11.1 Å². The predicted octanol–water partition coefficient (Wildman–Crippen LogP) is 2.19. The molecule has 3 N–H and O–H groups in total. The number of nitrogens with zero attached hydrogens (tertiary/aromatic N) is 3. The molecule has 0 unspecified atom stereocenters. The first-order valence-electron chi connectivity index (χ1n) is 5.28. The predicted molar refractivity (Wildman–Crippen MR) is 65.8 cm³/mol. The van der Waals surface area contributed by atoms with Crippen LogP contribution in [0.4, 0.5) is 24.9 Å². The van der Waals surface area contributed by atoms with E-state index in [1.165, 1.54) is 11.3 Å². The van der Waals surface area contributed by atoms with Gasteiger partial charge in [-0.25, -0.2) is 9.97 Å². The van der Waals surface area contributed by atoms with Gasteiger partial charge in [0.2, 0.25) is 5.95 Å². The third-order valence-electron chi connectivity index (χ3n) is 2.20. The molecular weight excluding hydrogens is 279 g/mol. The first kappa shape index (κ1) is 13.5. The van der Waals surface area contributed by atoms with Crippen LogP contribution in [0.5, 0.6) is 0 Å². The van der Waals surface area contributed by atoms with Crippen LogP contribution < -0.4 is 11.1 Å². The first-order chi connectivity index (χ1) is 8.95. The maximum absolute atomic E-state index is 12.5. The van der Waals surface area contributed by atoms with Crippen molar-refractivity contribution in [2.24, 2.45) is 0 Å². The summed E-state index contributed by atoms with van der Waals surface area (Å²) in [5, 5.41) is 4.64. The zero-order valence-electron chi connectivity index (χ0n) is 9.61. The molecule has 2 aromatic heterocycles. The average molecular weight is 289 g/mol. The van der Waals surface area contributed by atoms with Crippen LogP contribution in [0.1, 0.15) is 11.4 Å². The Bertz CT molecular complexity index is 541. The molecule has 0 aromatic carbocycles. The molecule has 102 valence electrons. The van der Waals surface area contributed by atoms with Crippen molar-refractivity contribution in [1.29, 1.82) is 0 Å². The Hall–Kier alpha value is -1.90. The Morgan fingerprint density at radius 3 is 2.74 bits per heavy atom. The number of rotatable bonds is 4. The first-order valence-corrected chi connectivity index (χ1v) is 6.22. The van der Waals surface area contributed by atoms with E-state index >= 15 is 0 Å². The molecule has 2 aromatic rings. The molecule has 0 fully saturated rings. The van der Waals surface area contributed by atoms with E-state index in [1.54, 1.807) is 5.51 Å². The van der Waals surface area contributed by atoms with Gasteiger partial charge in [0, 0.05) is 24.4 Å². The average Bonchev–Trinajstić information content (AvgIpc) is 2.80. The van der Waals surface area contributed by atoms with E-state index in [-0.39, 0.29) is 5.82 Å². The van der Waals surface area contributed by atoms with E-state index in [9.17, 15) is 13.2 Å². The minimum Gasteiger partial charge on any atom is -0.370 e. The number of halogens is 3. The highest BCUT2D eigenvalue weighted by Crippen LogP contribution is 2.29. The summed E-state index contributed by atoms with van der Waals surface area (Å²) in [7, 11) is 0. The van der Waals surface area contributed by atoms with Gasteiger partial charge in [-0.05, 0) is 0 Å². The van der Waals surface area contributed by atoms with Crippen molar-refractivity contribution < 1.29 is 13.2 Å². The number of thiazole rings is 1. The largest absolute Gasteiger partial charge is 0.433 e. The molecule has 0 aliphatic carbocycles. The van der Waals surface area contributed by atoms with Crippen LogP contribution in [-0.4, -0.2) is 21.5 Å². The van der Waals surface area contributed by atoms with Gasteiger partial charge in [-0.1, -0.05) is 0 Å². The van der Waals surface area contributed by atoms with Crippen molar-refractivity contribution in [1.82, 2.24) is 15.0 Å². The third kappa shape index (κ3) is 3.78. The maximum Gasteiger partial charge on any atom is 0.433 e. The number of hydrogen-bond donors (Lipinski definition) is 2. The second kappa shape index (κ2) is 5.39. The lowest BCUT2D eigenvalue weighted by Crippen LogP contribution is -2.14. The quantitative estimate of drug-likeness (QED) is 0.902. The summed E-state index contributed by atoms with van der Waals surface area (Å²) < 4.78 is 37.5. The van der Waals surface area contributed by atoms with E-state index in [0.29, 0.717) is 13.0 Å². The number of anilines is 2. The van der Waals surface area contributed by atoms with Crippen LogP contribution in [-0.2, 0) is 12.6 Å². The molecule has 0 bridgehead atoms. The van der Waals surface area contributed by atoms with Gasteiger partial charge in [0.05, 0.1) is 11.2 Å². The molecule has 5 nitrogen and oxygen atoms in total. The summed E-state index contributed by atoms with van der Waals surface area (Å²) in [6.45, 7) is 0.414. The van der Waals surface area contributed by atoms with Gasteiger partial charge in [-0.2, -0.15) is 18.2 Å². The summed E-state index contributed by atoms with van der Waals surface area (Å²) in [5.41, 5.74) is 6.76. The minimum atomic E-state index is -4.54. The highest BCUT2D eigenvalue weighted by Gasteiger charge is 2.33. The normalized spacial score (nSPS) is 11.5. The Morgan fingerprint density at radius 2 is 2.11 bits per heavy atom. The molecule has 0 saturated carbocycles. The molecule has 0 aliphatic heterocycles. The molecule has 0 aliphatic rings. The van der Waals surface area contributed by atoms with Crippen LogP contribution in [0.3, 0.4) is 0 Å². The topological polar surface area (TPSA) is 76.7 Å². The molecule has 0 saturated heterocycles. The van der Waals surface area contributed by atoms with Gasteiger partial charge >= 0.3 is 6.18 Å². The highest BCUT2D eigenvalue weighted by molar-refractivity contribution is 7.07. The lowest BCUT2D eigenvalue weighted by molar-refractivity contribution is -0.141. The fourth-order valence-corrected chi connectivity index (χ4v) is 1.97. The number of nitrogens with one attached hydrogen (secondary N) is 1. The number of nitrogens with two attached hydrogens (primary N) is 1. The van der Waals surface area contributed by atoms with Gasteiger partial charge in [-0.3, -0.25) is 0 Å². The second-order valence-corrected chi connectivity index (χ2v) is 4.37. The molecule has 2 heterocycles. The molecule has 0 atom stereocenters. The highest BCUT2D eigenvalue weighted by atomic mass is 32.1. The van der Waals surface area contributed by atoms with Crippen molar-refractivity contribution >= 4 is 23.1 Å². The van der Waals surface area contributed by atoms with Crippen LogP contribution in [0.2, 0.25) is 0 Å². The van der Waals surface area contributed by atoms with Crippen LogP contribution in [0, 0.1) is 0 Å². The summed E-state index contributed by atoms with van der Waals surface area (Å²) >= 11 is 1.46. The van der Waals surface area contributed by atoms with Gasteiger partial charge in [0.25, 0.3) is 0 Å². The summed E-state index contributed by atoms with van der Waals surface area (Å²) in [5.74, 6) is -0.360. The molecule has 2 rings (SSSR count). The molecular formula is C10H10F3N5S. The Morgan fingerprint density at radius 1 is 1.32 bits per heavy atom. The Balaban J connectivity index is 2.02. The number of alkyl halides is 3. The number of aromatic nitrogens is 3. The SMILES string of the molecule is Nc1nc(NCCc2cscn2)cc(C(F)(F)F)n1. The number of hydrogen-bond acceptors (Lipinski definition) is 6. The standard InChI is InChI=1S/C10H10F3N5S/c11-10(12,13)7-3-8(18-9(14)17-7)15-2-1-6-4-19-5-16-6/h3-5H,1-2H2,(H3,14,15,17,18). The van der Waals surface area contributed by atoms with E-state index in [4.69, 9.17) is 5.73 Å². The van der Waals surface area contributed by atoms with Crippen LogP contribution >= 0.6 is 11.3 Å². The third-order valence-corrected chi connectivity index (χ3v) is 2.84. The molecule has 0 amide bonds. The van der Waals surface area contributed by atoms with E-state index in [1.807, 2.05) is 5.38 Å². The lowest BCUT2D eigenvalue weighted by atomic mass is 10.3. The van der Waals surface area contributed by atoms with Crippen LogP contribution in [0.15, 0.2) is 17.0 Å². The maximum atomic E-state index is 12.5. The van der Waals surface area contributed by atoms with Gasteiger partial charge in [0.1, 0.15) is 5.82 Å². The van der Waals surface area contributed by atoms with Crippen LogP contribution in [0.25, 0.3) is 0 Å². The summed E-state index contributed by atoms with van der Waals surface area (Å²) in [6.07, 6.45) is -3.95. The molecule has 19 heavy (non-hydrogen) atoms. The number of nitrogen functional groups attached to an aromatic ring is 1. The zero-order valence-corrected chi connectivity index (χ0v) is 10.4. The lowest BCUT2D eigenvalue weighted by Gasteiger charge is -2.09.